The van der Waals surface area contributed by atoms with Gasteiger partial charge < -0.3 is 10.1 Å². The van der Waals surface area contributed by atoms with Gasteiger partial charge in [-0.25, -0.2) is 8.78 Å². The Morgan fingerprint density at radius 3 is 2.83 bits per heavy atom. The smallest absolute Gasteiger partial charge is 0.130 e. The van der Waals surface area contributed by atoms with Crippen molar-refractivity contribution < 1.29 is 13.5 Å². The summed E-state index contributed by atoms with van der Waals surface area (Å²) in [5.41, 5.74) is 0.373. The predicted molar refractivity (Wildman–Crippen MR) is 66.3 cm³/mol. The monoisotopic (exact) mass is 255 g/mol. The third kappa shape index (κ3) is 3.50. The fourth-order valence-corrected chi connectivity index (χ4v) is 2.33. The van der Waals surface area contributed by atoms with Crippen molar-refractivity contribution >= 4 is 0 Å². The Morgan fingerprint density at radius 2 is 2.17 bits per heavy atom. The topological polar surface area (TPSA) is 21.3 Å². The van der Waals surface area contributed by atoms with Crippen LogP contribution in [0.1, 0.15) is 32.3 Å². The van der Waals surface area contributed by atoms with Crippen LogP contribution >= 0.6 is 0 Å². The Kier molecular flexibility index (Phi) is 3.97. The fourth-order valence-electron chi connectivity index (χ4n) is 2.33. The molecule has 1 saturated heterocycles. The molecular weight excluding hydrogens is 236 g/mol. The number of ether oxygens (including phenoxy) is 1. The first kappa shape index (κ1) is 13.4. The number of hydrogen-bond donors (Lipinski definition) is 1. The summed E-state index contributed by atoms with van der Waals surface area (Å²) in [7, 11) is 0. The molecule has 1 unspecified atom stereocenters. The summed E-state index contributed by atoms with van der Waals surface area (Å²) in [6.07, 6.45) is 1.82. The first-order chi connectivity index (χ1) is 8.46. The highest BCUT2D eigenvalue weighted by Gasteiger charge is 2.28. The lowest BCUT2D eigenvalue weighted by atomic mass is 9.94. The maximum atomic E-state index is 13.5. The van der Waals surface area contributed by atoms with Crippen LogP contribution in [0.3, 0.4) is 0 Å². The molecule has 1 aliphatic heterocycles. The van der Waals surface area contributed by atoms with E-state index in [-0.39, 0.29) is 5.60 Å². The van der Waals surface area contributed by atoms with E-state index < -0.39 is 11.6 Å². The Morgan fingerprint density at radius 1 is 1.39 bits per heavy atom. The third-order valence-electron chi connectivity index (χ3n) is 3.29. The van der Waals surface area contributed by atoms with Crippen LogP contribution in [0.4, 0.5) is 8.78 Å². The van der Waals surface area contributed by atoms with E-state index in [9.17, 15) is 8.78 Å². The number of nitrogens with one attached hydrogen (secondary N) is 1. The zero-order valence-corrected chi connectivity index (χ0v) is 10.8. The second kappa shape index (κ2) is 5.33. The summed E-state index contributed by atoms with van der Waals surface area (Å²) in [5, 5.41) is 3.31. The Labute approximate surface area is 106 Å². The van der Waals surface area contributed by atoms with Crippen molar-refractivity contribution in [2.24, 2.45) is 0 Å². The quantitative estimate of drug-likeness (QED) is 0.896. The highest BCUT2D eigenvalue weighted by Crippen LogP contribution is 2.24. The molecule has 1 aliphatic rings. The molecule has 1 aromatic carbocycles. The molecule has 1 N–H and O–H groups in total. The summed E-state index contributed by atoms with van der Waals surface area (Å²) in [4.78, 5) is 0. The zero-order chi connectivity index (χ0) is 13.2. The van der Waals surface area contributed by atoms with Gasteiger partial charge >= 0.3 is 0 Å². The Hall–Kier alpha value is -1.00. The van der Waals surface area contributed by atoms with Gasteiger partial charge in [-0.05, 0) is 32.8 Å². The minimum Gasteiger partial charge on any atom is -0.375 e. The van der Waals surface area contributed by atoms with Crippen molar-refractivity contribution in [2.45, 2.75) is 44.9 Å². The van der Waals surface area contributed by atoms with E-state index >= 15 is 0 Å². The van der Waals surface area contributed by atoms with Gasteiger partial charge in [-0.3, -0.25) is 0 Å². The first-order valence-corrected chi connectivity index (χ1v) is 6.27. The van der Waals surface area contributed by atoms with Crippen molar-refractivity contribution in [2.75, 3.05) is 6.61 Å². The zero-order valence-electron chi connectivity index (χ0n) is 10.8. The van der Waals surface area contributed by atoms with Gasteiger partial charge in [0.25, 0.3) is 0 Å². The lowest BCUT2D eigenvalue weighted by Gasteiger charge is -2.36. The summed E-state index contributed by atoms with van der Waals surface area (Å²) in [6.45, 7) is 5.25. The SMILES string of the molecule is CC1(C)CC(NCc2ccc(F)cc2F)CCO1. The van der Waals surface area contributed by atoms with Gasteiger partial charge in [0.15, 0.2) is 0 Å². The minimum absolute atomic E-state index is 0.128. The molecule has 0 bridgehead atoms. The summed E-state index contributed by atoms with van der Waals surface area (Å²) >= 11 is 0. The lowest BCUT2D eigenvalue weighted by Crippen LogP contribution is -2.43. The first-order valence-electron chi connectivity index (χ1n) is 6.27. The van der Waals surface area contributed by atoms with E-state index in [0.29, 0.717) is 18.2 Å². The van der Waals surface area contributed by atoms with Gasteiger partial charge in [-0.15, -0.1) is 0 Å². The third-order valence-corrected chi connectivity index (χ3v) is 3.29. The number of benzene rings is 1. The molecule has 2 rings (SSSR count). The molecule has 1 fully saturated rings. The molecule has 4 heteroatoms. The van der Waals surface area contributed by atoms with Crippen molar-refractivity contribution in [3.05, 3.63) is 35.4 Å². The minimum atomic E-state index is -0.538. The fraction of sp³-hybridized carbons (Fsp3) is 0.571. The highest BCUT2D eigenvalue weighted by molar-refractivity contribution is 5.18. The van der Waals surface area contributed by atoms with E-state index in [1.807, 2.05) is 0 Å². The molecular formula is C14H19F2NO. The largest absolute Gasteiger partial charge is 0.375 e. The maximum absolute atomic E-state index is 13.5. The number of halogens is 2. The van der Waals surface area contributed by atoms with Crippen molar-refractivity contribution in [3.8, 4) is 0 Å². The summed E-state index contributed by atoms with van der Waals surface area (Å²) in [5.74, 6) is -1.03. The molecule has 0 spiro atoms. The summed E-state index contributed by atoms with van der Waals surface area (Å²) < 4.78 is 31.8. The van der Waals surface area contributed by atoms with Crippen LogP contribution in [-0.2, 0) is 11.3 Å². The Bertz CT molecular complexity index is 420. The molecule has 0 aromatic heterocycles. The van der Waals surface area contributed by atoms with Crippen LogP contribution in [-0.4, -0.2) is 18.2 Å². The van der Waals surface area contributed by atoms with E-state index in [1.165, 1.54) is 12.1 Å². The molecule has 1 aromatic rings. The van der Waals surface area contributed by atoms with E-state index in [0.717, 1.165) is 25.5 Å². The molecule has 0 aliphatic carbocycles. The molecule has 1 atom stereocenters. The average Bonchev–Trinajstić information content (AvgIpc) is 2.26. The van der Waals surface area contributed by atoms with Gasteiger partial charge in [-0.2, -0.15) is 0 Å². The van der Waals surface area contributed by atoms with Gasteiger partial charge in [0, 0.05) is 30.8 Å². The molecule has 2 nitrogen and oxygen atoms in total. The molecule has 0 amide bonds. The van der Waals surface area contributed by atoms with Gasteiger partial charge in [0.2, 0.25) is 0 Å². The maximum Gasteiger partial charge on any atom is 0.130 e. The second-order valence-electron chi connectivity index (χ2n) is 5.41. The van der Waals surface area contributed by atoms with Crippen molar-refractivity contribution in [1.29, 1.82) is 0 Å². The molecule has 18 heavy (non-hydrogen) atoms. The molecule has 0 radical (unpaired) electrons. The van der Waals surface area contributed by atoms with E-state index in [2.05, 4.69) is 19.2 Å². The number of hydrogen-bond acceptors (Lipinski definition) is 2. The van der Waals surface area contributed by atoms with Crippen LogP contribution < -0.4 is 5.32 Å². The van der Waals surface area contributed by atoms with E-state index in [4.69, 9.17) is 4.74 Å². The van der Waals surface area contributed by atoms with Crippen LogP contribution in [0, 0.1) is 11.6 Å². The second-order valence-corrected chi connectivity index (χ2v) is 5.41. The normalized spacial score (nSPS) is 23.0. The predicted octanol–water partition coefficient (Wildman–Crippen LogP) is 3.01. The molecule has 0 saturated carbocycles. The van der Waals surface area contributed by atoms with Crippen molar-refractivity contribution in [3.63, 3.8) is 0 Å². The van der Waals surface area contributed by atoms with Crippen molar-refractivity contribution in [1.82, 2.24) is 5.32 Å². The van der Waals surface area contributed by atoms with Crippen LogP contribution in [0.2, 0.25) is 0 Å². The Balaban J connectivity index is 1.91. The molecule has 1 heterocycles. The van der Waals surface area contributed by atoms with Gasteiger partial charge in [0.05, 0.1) is 5.60 Å². The number of rotatable bonds is 3. The van der Waals surface area contributed by atoms with Gasteiger partial charge in [0.1, 0.15) is 11.6 Å². The summed E-state index contributed by atoms with van der Waals surface area (Å²) in [6, 6.07) is 4.01. The van der Waals surface area contributed by atoms with Crippen LogP contribution in [0.15, 0.2) is 18.2 Å². The lowest BCUT2D eigenvalue weighted by molar-refractivity contribution is -0.0630. The standard InChI is InChI=1S/C14H19F2NO/c1-14(2)8-12(5-6-18-14)17-9-10-3-4-11(15)7-13(10)16/h3-4,7,12,17H,5-6,8-9H2,1-2H3. The van der Waals surface area contributed by atoms with E-state index in [1.54, 1.807) is 0 Å². The van der Waals surface area contributed by atoms with Crippen LogP contribution in [0.25, 0.3) is 0 Å². The average molecular weight is 255 g/mol. The van der Waals surface area contributed by atoms with Crippen LogP contribution in [0.5, 0.6) is 0 Å². The van der Waals surface area contributed by atoms with Gasteiger partial charge in [-0.1, -0.05) is 6.07 Å². The molecule has 100 valence electrons. The highest BCUT2D eigenvalue weighted by atomic mass is 19.1.